The fourth-order valence-electron chi connectivity index (χ4n) is 3.78. The predicted octanol–water partition coefficient (Wildman–Crippen LogP) is 2.23. The molecule has 6 aliphatic rings. The molecule has 32 heavy (non-hydrogen) atoms. The van der Waals surface area contributed by atoms with Crippen LogP contribution in [0.3, 0.4) is 0 Å². The number of phosphoric acid groups is 3. The van der Waals surface area contributed by atoms with E-state index in [2.05, 4.69) is 20.4 Å². The summed E-state index contributed by atoms with van der Waals surface area (Å²) in [6, 6.07) is -0.209. The van der Waals surface area contributed by atoms with E-state index in [1.807, 2.05) is 0 Å². The Balaban J connectivity index is 1.45. The normalized spacial score (nSPS) is 32.6. The fourth-order valence-corrected chi connectivity index (χ4v) is 7.19. The van der Waals surface area contributed by atoms with Crippen molar-refractivity contribution in [2.75, 3.05) is 10.7 Å². The molecular weight excluding hydrogens is 501 g/mol. The van der Waals surface area contributed by atoms with Crippen LogP contribution in [-0.2, 0) is 27.6 Å². The maximum Gasteiger partial charge on any atom is 0.634 e. The third kappa shape index (κ3) is 1.68. The highest BCUT2D eigenvalue weighted by atomic mass is 31.2. The Bertz CT molecular complexity index is 1670. The van der Waals surface area contributed by atoms with Gasteiger partial charge < -0.3 is 22.6 Å². The zero-order valence-electron chi connectivity index (χ0n) is 14.5. The van der Waals surface area contributed by atoms with E-state index < -0.39 is 23.5 Å². The average molecular weight is 502 g/mol. The third-order valence-electron chi connectivity index (χ3n) is 4.94. The minimum Gasteiger partial charge on any atom is -0.389 e. The third-order valence-corrected chi connectivity index (χ3v) is 8.32. The van der Waals surface area contributed by atoms with Crippen LogP contribution in [0.1, 0.15) is 0 Å². The van der Waals surface area contributed by atoms with Gasteiger partial charge in [-0.3, -0.25) is 4.62 Å². The molecule has 0 spiro atoms. The summed E-state index contributed by atoms with van der Waals surface area (Å²) >= 11 is 0. The van der Waals surface area contributed by atoms with Gasteiger partial charge in [-0.2, -0.15) is 4.98 Å². The van der Waals surface area contributed by atoms with E-state index in [4.69, 9.17) is 41.1 Å². The highest BCUT2D eigenvalue weighted by Crippen LogP contribution is 2.76. The molecule has 8 bridgehead atoms. The van der Waals surface area contributed by atoms with Crippen molar-refractivity contribution in [1.29, 1.82) is 0 Å². The summed E-state index contributed by atoms with van der Waals surface area (Å²) in [5.41, 5.74) is 2.35. The van der Waals surface area contributed by atoms with Crippen LogP contribution in [-0.4, -0.2) is 19.7 Å². The van der Waals surface area contributed by atoms with Gasteiger partial charge in [0.2, 0.25) is 17.3 Å². The van der Waals surface area contributed by atoms with Crippen LogP contribution in [0.5, 0.6) is 29.0 Å². The van der Waals surface area contributed by atoms with Crippen molar-refractivity contribution < 1.29 is 54.8 Å². The zero-order valence-corrected chi connectivity index (χ0v) is 17.2. The van der Waals surface area contributed by atoms with E-state index in [1.165, 1.54) is 0 Å². The van der Waals surface area contributed by atoms with Crippen molar-refractivity contribution >= 4 is 46.1 Å². The smallest absolute Gasteiger partial charge is 0.389 e. The topological polar surface area (TPSA) is 193 Å². The van der Waals surface area contributed by atoms with Crippen molar-refractivity contribution in [2.24, 2.45) is 0 Å². The van der Waals surface area contributed by atoms with E-state index in [-0.39, 0.29) is 63.1 Å². The Morgan fingerprint density at radius 2 is 1.47 bits per heavy atom. The maximum absolute atomic E-state index is 13.4. The molecule has 3 unspecified atom stereocenters. The first-order chi connectivity index (χ1) is 15.3. The summed E-state index contributed by atoms with van der Waals surface area (Å²) in [6.45, 7) is 0. The summed E-state index contributed by atoms with van der Waals surface area (Å²) in [5.74, 6) is -0.868. The molecule has 6 aliphatic heterocycles. The van der Waals surface area contributed by atoms with Gasteiger partial charge in [-0.05, 0) is 0 Å². The van der Waals surface area contributed by atoms with Crippen molar-refractivity contribution in [3.05, 3.63) is 0 Å². The molecule has 3 atom stereocenters. The number of aromatic nitrogens is 4. The van der Waals surface area contributed by atoms with Gasteiger partial charge in [-0.1, -0.05) is 5.23 Å². The van der Waals surface area contributed by atoms with Crippen LogP contribution in [0, 0.1) is 0 Å². The monoisotopic (exact) mass is 502 g/mol. The lowest BCUT2D eigenvalue weighted by Crippen LogP contribution is -2.24. The van der Waals surface area contributed by atoms with E-state index in [9.17, 15) is 13.7 Å². The van der Waals surface area contributed by atoms with E-state index in [0.29, 0.717) is 5.23 Å². The second-order valence-electron chi connectivity index (χ2n) is 6.79. The lowest BCUT2D eigenvalue weighted by Gasteiger charge is -2.21. The zero-order chi connectivity index (χ0) is 21.2. The quantitative estimate of drug-likeness (QED) is 0.439. The lowest BCUT2D eigenvalue weighted by atomic mass is 10.1. The second kappa shape index (κ2) is 4.45. The Morgan fingerprint density at radius 1 is 0.750 bits per heavy atom. The molecule has 0 radical (unpaired) electrons. The van der Waals surface area contributed by atoms with E-state index in [0.717, 1.165) is 4.73 Å². The first-order valence-electron chi connectivity index (χ1n) is 8.48. The van der Waals surface area contributed by atoms with Gasteiger partial charge in [0.1, 0.15) is 5.56 Å². The highest BCUT2D eigenvalue weighted by molar-refractivity contribution is 7.50. The summed E-state index contributed by atoms with van der Waals surface area (Å²) in [6.07, 6.45) is 0. The van der Waals surface area contributed by atoms with Gasteiger partial charge in [-0.25, -0.2) is 29.1 Å². The molecule has 1 aromatic carbocycles. The lowest BCUT2D eigenvalue weighted by molar-refractivity contribution is 0.0334. The number of imidazole rings is 1. The average Bonchev–Trinajstić information content (AvgIpc) is 3.38. The molecule has 9 rings (SSSR count). The van der Waals surface area contributed by atoms with Gasteiger partial charge in [0.05, 0.1) is 0 Å². The van der Waals surface area contributed by atoms with E-state index >= 15 is 0 Å². The molecule has 2 aromatic heterocycles. The van der Waals surface area contributed by atoms with Crippen LogP contribution in [0.2, 0.25) is 0 Å². The second-order valence-corrected chi connectivity index (χ2v) is 11.1. The Kier molecular flexibility index (Phi) is 2.28. The number of nitrogens with one attached hydrogen (secondary N) is 1. The van der Waals surface area contributed by atoms with E-state index in [1.54, 1.807) is 0 Å². The van der Waals surface area contributed by atoms with Crippen molar-refractivity contribution in [2.45, 2.75) is 0 Å². The number of nitrogens with zero attached hydrogens (tertiary/aromatic N) is 5. The SMILES string of the molecule is O=P12ONc3c(c(c4c5c3OP(=O)(O5)ON3OP5(=O)Oc6nc7nc-4nc3c7n6O5)O1)O2. The fraction of sp³-hybridized carbons (Fsp3) is 0. The maximum atomic E-state index is 13.4. The van der Waals surface area contributed by atoms with Gasteiger partial charge >= 0.3 is 29.5 Å². The molecular formula is C11HN6O12P3. The Morgan fingerprint density at radius 3 is 2.31 bits per heavy atom. The molecule has 21 heteroatoms. The summed E-state index contributed by atoms with van der Waals surface area (Å²) in [4.78, 5) is 12.8. The standard InChI is InChI=1S/C11HN6O12P3/c18-30-21-4-1-5-7(2(15-26-30)6(4)23-30)24-31(19,22-5)28-17-10-3-9(12-8(1)13-10)14-11-16(3)27-32(20,25-11)29-17/h15H. The molecule has 0 aliphatic carbocycles. The molecule has 162 valence electrons. The van der Waals surface area contributed by atoms with Crippen LogP contribution in [0.25, 0.3) is 22.6 Å². The van der Waals surface area contributed by atoms with Gasteiger partial charge in [0.25, 0.3) is 0 Å². The van der Waals surface area contributed by atoms with Crippen LogP contribution >= 0.6 is 23.5 Å². The van der Waals surface area contributed by atoms with Crippen molar-refractivity contribution in [3.63, 3.8) is 0 Å². The number of anilines is 2. The summed E-state index contributed by atoms with van der Waals surface area (Å²) in [5, 5.41) is 0.434. The van der Waals surface area contributed by atoms with Gasteiger partial charge in [0, 0.05) is 0 Å². The minimum absolute atomic E-state index is 0.000227. The molecule has 0 fully saturated rings. The largest absolute Gasteiger partial charge is 0.634 e. The molecule has 0 saturated carbocycles. The van der Waals surface area contributed by atoms with Crippen LogP contribution in [0.15, 0.2) is 0 Å². The first kappa shape index (κ1) is 16.4. The molecule has 3 aromatic rings. The molecule has 18 nitrogen and oxygen atoms in total. The molecule has 0 saturated heterocycles. The van der Waals surface area contributed by atoms with Gasteiger partial charge in [0.15, 0.2) is 34.2 Å². The Labute approximate surface area is 172 Å². The van der Waals surface area contributed by atoms with Gasteiger partial charge in [-0.15, -0.1) is 18.6 Å². The number of fused-ring (bicyclic) bond motifs is 7. The molecule has 0 amide bonds. The number of hydrogen-bond donors (Lipinski definition) is 1. The molecule has 1 N–H and O–H groups in total. The minimum atomic E-state index is -4.53. The number of rotatable bonds is 0. The summed E-state index contributed by atoms with van der Waals surface area (Å²) < 4.78 is 87.1. The predicted molar refractivity (Wildman–Crippen MR) is 92.7 cm³/mol. The number of benzene rings is 1. The molecule has 8 heterocycles. The van der Waals surface area contributed by atoms with Crippen molar-refractivity contribution in [3.8, 4) is 40.4 Å². The van der Waals surface area contributed by atoms with Crippen molar-refractivity contribution in [1.82, 2.24) is 19.7 Å². The Hall–Kier alpha value is -3.26. The highest BCUT2D eigenvalue weighted by Gasteiger charge is 2.58. The first-order valence-corrected chi connectivity index (χ1v) is 12.9. The van der Waals surface area contributed by atoms with Crippen LogP contribution < -0.4 is 37.9 Å². The number of phosphoric ester groups is 2. The summed E-state index contributed by atoms with van der Waals surface area (Å²) in [7, 11) is -12.9. The van der Waals surface area contributed by atoms with Crippen LogP contribution in [0.4, 0.5) is 11.5 Å². The number of hydrogen-bond acceptors (Lipinski definition) is 17.